The summed E-state index contributed by atoms with van der Waals surface area (Å²) in [6, 6.07) is 16.9. The van der Waals surface area contributed by atoms with E-state index in [-0.39, 0.29) is 17.7 Å². The summed E-state index contributed by atoms with van der Waals surface area (Å²) in [7, 11) is 0. The largest absolute Gasteiger partial charge is 0.444 e. The van der Waals surface area contributed by atoms with E-state index < -0.39 is 5.60 Å². The molecule has 0 aliphatic carbocycles. The maximum atomic E-state index is 12.5. The number of nitrogens with zero attached hydrogens (tertiary/aromatic N) is 2. The predicted octanol–water partition coefficient (Wildman–Crippen LogP) is 4.70. The number of hydrogen-bond donors (Lipinski definition) is 1. The summed E-state index contributed by atoms with van der Waals surface area (Å²) in [5, 5.41) is 1.71. The molecule has 2 saturated heterocycles. The van der Waals surface area contributed by atoms with Gasteiger partial charge in [-0.3, -0.25) is 9.69 Å². The summed E-state index contributed by atoms with van der Waals surface area (Å²) in [6.07, 6.45) is 0.813. The van der Waals surface area contributed by atoms with Crippen LogP contribution in [0, 0.1) is 6.92 Å². The van der Waals surface area contributed by atoms with E-state index in [1.807, 2.05) is 50.8 Å². The predicted molar refractivity (Wildman–Crippen MR) is 130 cm³/mol. The minimum Gasteiger partial charge on any atom is -0.444 e. The molecule has 1 aromatic heterocycles. The third-order valence-electron chi connectivity index (χ3n) is 6.74. The van der Waals surface area contributed by atoms with E-state index in [9.17, 15) is 9.59 Å². The second-order valence-corrected chi connectivity index (χ2v) is 10.4. The van der Waals surface area contributed by atoms with Crippen LogP contribution in [0.5, 0.6) is 0 Å². The molecule has 33 heavy (non-hydrogen) atoms. The number of rotatable bonds is 3. The Kier molecular flexibility index (Phi) is 5.28. The number of benzene rings is 2. The molecule has 2 aliphatic rings. The van der Waals surface area contributed by atoms with E-state index in [1.165, 1.54) is 5.56 Å². The van der Waals surface area contributed by atoms with E-state index in [2.05, 4.69) is 40.2 Å². The lowest BCUT2D eigenvalue weighted by molar-refractivity contribution is 0.0124. The standard InChI is InChI=1S/C27H31N3O3/c1-17-6-5-7-22-23(17)13-24(28-25(22)31)19-10-8-18(9-11-19)14-29-15-21-12-20(29)16-30(21)26(32)33-27(2,3)4/h5-11,13,20-21H,12,14-16H2,1-4H3,(H,28,31). The van der Waals surface area contributed by atoms with Gasteiger partial charge in [-0.2, -0.15) is 0 Å². The zero-order valence-electron chi connectivity index (χ0n) is 19.7. The molecule has 0 spiro atoms. The zero-order chi connectivity index (χ0) is 23.3. The van der Waals surface area contributed by atoms with Gasteiger partial charge in [-0.05, 0) is 68.3 Å². The highest BCUT2D eigenvalue weighted by molar-refractivity contribution is 5.87. The minimum atomic E-state index is -0.464. The number of carbonyl (C=O) groups is 1. The Hall–Kier alpha value is -3.12. The minimum absolute atomic E-state index is 0.0575. The lowest BCUT2D eigenvalue weighted by atomic mass is 10.0. The molecule has 3 aromatic rings. The highest BCUT2D eigenvalue weighted by Gasteiger charge is 2.46. The van der Waals surface area contributed by atoms with E-state index in [0.29, 0.717) is 6.04 Å². The Morgan fingerprint density at radius 2 is 1.82 bits per heavy atom. The maximum absolute atomic E-state index is 12.5. The van der Waals surface area contributed by atoms with Crippen molar-refractivity contribution in [3.8, 4) is 11.3 Å². The van der Waals surface area contributed by atoms with Gasteiger partial charge in [-0.15, -0.1) is 0 Å². The summed E-state index contributed by atoms with van der Waals surface area (Å²) in [6.45, 7) is 10.2. The van der Waals surface area contributed by atoms with Gasteiger partial charge in [0.15, 0.2) is 0 Å². The SMILES string of the molecule is Cc1cccc2c(=O)[nH]c(-c3ccc(CN4CC5CC4CN5C(=O)OC(C)(C)C)cc3)cc12. The van der Waals surface area contributed by atoms with Crippen molar-refractivity contribution in [2.45, 2.75) is 58.3 Å². The Bertz CT molecular complexity index is 1260. The van der Waals surface area contributed by atoms with Gasteiger partial charge in [0.1, 0.15) is 5.60 Å². The number of nitrogens with one attached hydrogen (secondary N) is 1. The first-order chi connectivity index (χ1) is 15.7. The van der Waals surface area contributed by atoms with Gasteiger partial charge >= 0.3 is 6.09 Å². The van der Waals surface area contributed by atoms with Gasteiger partial charge in [0.05, 0.1) is 0 Å². The molecular formula is C27H31N3O3. The van der Waals surface area contributed by atoms with Crippen LogP contribution in [0.25, 0.3) is 22.0 Å². The van der Waals surface area contributed by atoms with E-state index in [4.69, 9.17) is 4.74 Å². The van der Waals surface area contributed by atoms with Crippen LogP contribution in [0.4, 0.5) is 4.79 Å². The number of amides is 1. The summed E-state index contributed by atoms with van der Waals surface area (Å²) in [4.78, 5) is 32.4. The van der Waals surface area contributed by atoms with Gasteiger partial charge in [-0.25, -0.2) is 4.79 Å². The molecule has 5 rings (SSSR count). The van der Waals surface area contributed by atoms with E-state index >= 15 is 0 Å². The topological polar surface area (TPSA) is 65.6 Å². The first-order valence-electron chi connectivity index (χ1n) is 11.6. The summed E-state index contributed by atoms with van der Waals surface area (Å²) in [5.74, 6) is 0. The van der Waals surface area contributed by atoms with Crippen molar-refractivity contribution in [3.63, 3.8) is 0 Å². The van der Waals surface area contributed by atoms with E-state index in [1.54, 1.807) is 0 Å². The van der Waals surface area contributed by atoms with Gasteiger partial charge in [0.25, 0.3) is 5.56 Å². The second-order valence-electron chi connectivity index (χ2n) is 10.4. The number of hydrogen-bond acceptors (Lipinski definition) is 4. The fraction of sp³-hybridized carbons (Fsp3) is 0.407. The van der Waals surface area contributed by atoms with Gasteiger partial charge in [0, 0.05) is 42.8 Å². The average Bonchev–Trinajstić information content (AvgIpc) is 3.34. The van der Waals surface area contributed by atoms with Crippen LogP contribution in [0.15, 0.2) is 53.3 Å². The van der Waals surface area contributed by atoms with E-state index in [0.717, 1.165) is 53.6 Å². The fourth-order valence-electron chi connectivity index (χ4n) is 5.11. The molecule has 1 N–H and O–H groups in total. The van der Waals surface area contributed by atoms with Gasteiger partial charge in [0.2, 0.25) is 0 Å². The number of pyridine rings is 1. The molecule has 1 amide bonds. The molecule has 6 heteroatoms. The highest BCUT2D eigenvalue weighted by atomic mass is 16.6. The first kappa shape index (κ1) is 21.7. The fourth-order valence-corrected chi connectivity index (χ4v) is 5.11. The second kappa shape index (κ2) is 8.03. The molecular weight excluding hydrogens is 414 g/mol. The highest BCUT2D eigenvalue weighted by Crippen LogP contribution is 2.33. The number of fused-ring (bicyclic) bond motifs is 3. The lowest BCUT2D eigenvalue weighted by Gasteiger charge is -2.35. The van der Waals surface area contributed by atoms with Crippen molar-refractivity contribution in [1.82, 2.24) is 14.8 Å². The third-order valence-corrected chi connectivity index (χ3v) is 6.74. The normalized spacial score (nSPS) is 20.5. The summed E-state index contributed by atoms with van der Waals surface area (Å²) >= 11 is 0. The number of ether oxygens (including phenoxy) is 1. The summed E-state index contributed by atoms with van der Waals surface area (Å²) < 4.78 is 5.57. The molecule has 2 fully saturated rings. The number of H-pyrrole nitrogens is 1. The van der Waals surface area contributed by atoms with Crippen LogP contribution in [0.3, 0.4) is 0 Å². The molecule has 6 nitrogen and oxygen atoms in total. The van der Waals surface area contributed by atoms with Crippen molar-refractivity contribution in [3.05, 3.63) is 70.0 Å². The molecule has 2 aliphatic heterocycles. The van der Waals surface area contributed by atoms with Gasteiger partial charge < -0.3 is 14.6 Å². The lowest BCUT2D eigenvalue weighted by Crippen LogP contribution is -2.49. The zero-order valence-corrected chi connectivity index (χ0v) is 19.7. The number of carbonyl (C=O) groups excluding carboxylic acids is 1. The summed E-state index contributed by atoms with van der Waals surface area (Å²) in [5.41, 5.74) is 3.64. The number of aryl methyl sites for hydroxylation is 1. The number of aromatic nitrogens is 1. The smallest absolute Gasteiger partial charge is 0.410 e. The average molecular weight is 446 g/mol. The van der Waals surface area contributed by atoms with Crippen molar-refractivity contribution in [1.29, 1.82) is 0 Å². The Balaban J connectivity index is 1.27. The molecule has 172 valence electrons. The molecule has 2 aromatic carbocycles. The molecule has 0 saturated carbocycles. The molecule has 3 heterocycles. The maximum Gasteiger partial charge on any atom is 0.410 e. The molecule has 2 bridgehead atoms. The molecule has 2 atom stereocenters. The third kappa shape index (κ3) is 4.27. The van der Waals surface area contributed by atoms with Crippen molar-refractivity contribution in [2.75, 3.05) is 13.1 Å². The Morgan fingerprint density at radius 3 is 2.48 bits per heavy atom. The number of piperazine rings is 1. The van der Waals surface area contributed by atoms with Crippen LogP contribution < -0.4 is 5.56 Å². The van der Waals surface area contributed by atoms with Crippen LogP contribution in [0.1, 0.15) is 38.3 Å². The van der Waals surface area contributed by atoms with Crippen LogP contribution in [0.2, 0.25) is 0 Å². The van der Waals surface area contributed by atoms with Crippen molar-refractivity contribution in [2.24, 2.45) is 0 Å². The van der Waals surface area contributed by atoms with Crippen LogP contribution in [-0.2, 0) is 11.3 Å². The van der Waals surface area contributed by atoms with Crippen LogP contribution in [-0.4, -0.2) is 51.7 Å². The van der Waals surface area contributed by atoms with Gasteiger partial charge in [-0.1, -0.05) is 36.4 Å². The quantitative estimate of drug-likeness (QED) is 0.635. The van der Waals surface area contributed by atoms with Crippen LogP contribution >= 0.6 is 0 Å². The number of likely N-dealkylation sites (tertiary alicyclic amines) is 2. The Labute approximate surface area is 194 Å². The molecule has 0 radical (unpaired) electrons. The van der Waals surface area contributed by atoms with Crippen molar-refractivity contribution < 1.29 is 9.53 Å². The molecule has 2 unspecified atom stereocenters. The first-order valence-corrected chi connectivity index (χ1v) is 11.6. The monoisotopic (exact) mass is 445 g/mol. The van der Waals surface area contributed by atoms with Crippen molar-refractivity contribution >= 4 is 16.9 Å². The number of aromatic amines is 1. The Morgan fingerprint density at radius 1 is 1.06 bits per heavy atom.